The van der Waals surface area contributed by atoms with Gasteiger partial charge >= 0.3 is 0 Å². The summed E-state index contributed by atoms with van der Waals surface area (Å²) in [5.41, 5.74) is 0.623. The monoisotopic (exact) mass is 390 g/mol. The maximum Gasteiger partial charge on any atom is 0.257 e. The first kappa shape index (κ1) is 21.1. The number of carbonyl (C=O) groups is 1. The highest BCUT2D eigenvalue weighted by molar-refractivity contribution is 5.97. The first-order valence-electron chi connectivity index (χ1n) is 9.11. The van der Waals surface area contributed by atoms with Crippen molar-refractivity contribution in [1.29, 1.82) is 0 Å². The number of rotatable bonds is 8. The van der Waals surface area contributed by atoms with Gasteiger partial charge in [0, 0.05) is 13.1 Å². The molecule has 1 amide bonds. The zero-order chi connectivity index (χ0) is 18.2. The molecule has 146 valence electrons. The lowest BCUT2D eigenvalue weighted by atomic mass is 10.1. The van der Waals surface area contributed by atoms with Gasteiger partial charge in [-0.2, -0.15) is 0 Å². The van der Waals surface area contributed by atoms with Crippen LogP contribution >= 0.6 is 12.4 Å². The van der Waals surface area contributed by atoms with Gasteiger partial charge in [0.15, 0.2) is 0 Å². The van der Waals surface area contributed by atoms with E-state index in [1.807, 2.05) is 66.5 Å². The number of hydrogen-bond acceptors (Lipinski definition) is 4. The molecule has 1 saturated heterocycles. The number of ether oxygens (including phenoxy) is 2. The molecule has 1 aliphatic heterocycles. The van der Waals surface area contributed by atoms with Crippen LogP contribution in [0.1, 0.15) is 16.8 Å². The van der Waals surface area contributed by atoms with Crippen LogP contribution in [0.15, 0.2) is 54.6 Å². The first-order valence-corrected chi connectivity index (χ1v) is 9.11. The molecular formula is C21H27ClN2O3. The first-order chi connectivity index (χ1) is 12.8. The number of hydrogen-bond donors (Lipinski definition) is 1. The number of amides is 1. The second-order valence-corrected chi connectivity index (χ2v) is 6.47. The summed E-state index contributed by atoms with van der Waals surface area (Å²) in [7, 11) is 1.95. The minimum atomic E-state index is 0. The third kappa shape index (κ3) is 5.88. The molecule has 0 saturated carbocycles. The second-order valence-electron chi connectivity index (χ2n) is 6.47. The third-order valence-electron chi connectivity index (χ3n) is 4.54. The zero-order valence-corrected chi connectivity index (χ0v) is 16.4. The summed E-state index contributed by atoms with van der Waals surface area (Å²) in [6, 6.07) is 17.1. The van der Waals surface area contributed by atoms with Gasteiger partial charge in [-0.15, -0.1) is 12.4 Å². The van der Waals surface area contributed by atoms with Crippen LogP contribution in [0, 0.1) is 5.92 Å². The van der Waals surface area contributed by atoms with E-state index in [9.17, 15) is 4.79 Å². The van der Waals surface area contributed by atoms with Gasteiger partial charge < -0.3 is 19.7 Å². The van der Waals surface area contributed by atoms with Crippen LogP contribution < -0.4 is 14.8 Å². The lowest BCUT2D eigenvalue weighted by Crippen LogP contribution is -2.30. The molecule has 1 unspecified atom stereocenters. The Morgan fingerprint density at radius 2 is 1.78 bits per heavy atom. The molecule has 0 bridgehead atoms. The highest BCUT2D eigenvalue weighted by Gasteiger charge is 2.27. The van der Waals surface area contributed by atoms with Gasteiger partial charge in [0.05, 0.1) is 5.56 Å². The van der Waals surface area contributed by atoms with Gasteiger partial charge in [-0.05, 0) is 50.2 Å². The molecule has 0 aromatic heterocycles. The number of nitrogens with one attached hydrogen (secondary N) is 1. The van der Waals surface area contributed by atoms with Crippen LogP contribution in [0.2, 0.25) is 0 Å². The van der Waals surface area contributed by atoms with Crippen LogP contribution in [0.5, 0.6) is 11.5 Å². The van der Waals surface area contributed by atoms with Crippen LogP contribution in [0.3, 0.4) is 0 Å². The van der Waals surface area contributed by atoms with Crippen molar-refractivity contribution in [1.82, 2.24) is 10.2 Å². The number of nitrogens with zero attached hydrogens (tertiary/aromatic N) is 1. The Morgan fingerprint density at radius 1 is 1.07 bits per heavy atom. The van der Waals surface area contributed by atoms with Crippen molar-refractivity contribution < 1.29 is 14.3 Å². The Morgan fingerprint density at radius 3 is 2.56 bits per heavy atom. The fraction of sp³-hybridized carbons (Fsp3) is 0.381. The molecule has 5 nitrogen and oxygen atoms in total. The summed E-state index contributed by atoms with van der Waals surface area (Å²) >= 11 is 0. The third-order valence-corrected chi connectivity index (χ3v) is 4.54. The molecule has 6 heteroatoms. The summed E-state index contributed by atoms with van der Waals surface area (Å²) in [4.78, 5) is 14.8. The predicted molar refractivity (Wildman–Crippen MR) is 109 cm³/mol. The van der Waals surface area contributed by atoms with Crippen molar-refractivity contribution in [3.63, 3.8) is 0 Å². The van der Waals surface area contributed by atoms with Crippen molar-refractivity contribution in [3.8, 4) is 11.5 Å². The largest absolute Gasteiger partial charge is 0.490 e. The molecule has 0 spiro atoms. The number of para-hydroxylation sites is 2. The molecular weight excluding hydrogens is 364 g/mol. The molecule has 1 N–H and O–H groups in total. The normalized spacial score (nSPS) is 15.9. The Kier molecular flexibility index (Phi) is 8.43. The summed E-state index contributed by atoms with van der Waals surface area (Å²) in [5.74, 6) is 2.00. The molecule has 2 aromatic carbocycles. The second kappa shape index (κ2) is 10.8. The molecule has 1 aliphatic rings. The SMILES string of the molecule is CNCC1CCN(C(=O)c2ccccc2OCCOc2ccccc2)C1.Cl. The van der Waals surface area contributed by atoms with E-state index >= 15 is 0 Å². The van der Waals surface area contributed by atoms with Crippen molar-refractivity contribution in [2.75, 3.05) is 39.9 Å². The van der Waals surface area contributed by atoms with E-state index in [-0.39, 0.29) is 18.3 Å². The minimum absolute atomic E-state index is 0. The quantitative estimate of drug-likeness (QED) is 0.703. The standard InChI is InChI=1S/C21H26N2O3.ClH/c1-22-15-17-11-12-23(16-17)21(24)19-9-5-6-10-20(19)26-14-13-25-18-7-3-2-4-8-18;/h2-10,17,22H,11-16H2,1H3;1H. The highest BCUT2D eigenvalue weighted by atomic mass is 35.5. The summed E-state index contributed by atoms with van der Waals surface area (Å²) in [6.45, 7) is 3.36. The van der Waals surface area contributed by atoms with Crippen molar-refractivity contribution in [3.05, 3.63) is 60.2 Å². The van der Waals surface area contributed by atoms with Gasteiger partial charge in [0.2, 0.25) is 0 Å². The smallest absolute Gasteiger partial charge is 0.257 e. The van der Waals surface area contributed by atoms with Crippen LogP contribution in [0.25, 0.3) is 0 Å². The molecule has 3 rings (SSSR count). The number of halogens is 1. The fourth-order valence-corrected chi connectivity index (χ4v) is 3.24. The summed E-state index contributed by atoms with van der Waals surface area (Å²) in [5, 5.41) is 3.19. The molecule has 0 aliphatic carbocycles. The Hall–Kier alpha value is -2.24. The van der Waals surface area contributed by atoms with Crippen molar-refractivity contribution in [2.24, 2.45) is 5.92 Å². The highest BCUT2D eigenvalue weighted by Crippen LogP contribution is 2.24. The maximum atomic E-state index is 12.9. The van der Waals surface area contributed by atoms with Gasteiger partial charge in [0.25, 0.3) is 5.91 Å². The fourth-order valence-electron chi connectivity index (χ4n) is 3.24. The van der Waals surface area contributed by atoms with Gasteiger partial charge in [-0.3, -0.25) is 4.79 Å². The van der Waals surface area contributed by atoms with E-state index in [0.717, 1.165) is 31.8 Å². The summed E-state index contributed by atoms with van der Waals surface area (Å²) < 4.78 is 11.5. The average molecular weight is 391 g/mol. The average Bonchev–Trinajstić information content (AvgIpc) is 3.15. The topological polar surface area (TPSA) is 50.8 Å². The molecule has 1 heterocycles. The van der Waals surface area contributed by atoms with E-state index in [1.165, 1.54) is 0 Å². The lowest BCUT2D eigenvalue weighted by Gasteiger charge is -2.19. The zero-order valence-electron chi connectivity index (χ0n) is 15.6. The van der Waals surface area contributed by atoms with E-state index < -0.39 is 0 Å². The van der Waals surface area contributed by atoms with Crippen LogP contribution in [0.4, 0.5) is 0 Å². The minimum Gasteiger partial charge on any atom is -0.490 e. The van der Waals surface area contributed by atoms with E-state index in [1.54, 1.807) is 0 Å². The predicted octanol–water partition coefficient (Wildman–Crippen LogP) is 3.25. The molecule has 27 heavy (non-hydrogen) atoms. The Labute approximate surface area is 167 Å². The van der Waals surface area contributed by atoms with Crippen LogP contribution in [-0.2, 0) is 0 Å². The number of benzene rings is 2. The Bertz CT molecular complexity index is 712. The van der Waals surface area contributed by atoms with Crippen molar-refractivity contribution >= 4 is 18.3 Å². The number of likely N-dealkylation sites (tertiary alicyclic amines) is 1. The number of carbonyl (C=O) groups excluding carboxylic acids is 1. The maximum absolute atomic E-state index is 12.9. The van der Waals surface area contributed by atoms with Crippen molar-refractivity contribution in [2.45, 2.75) is 6.42 Å². The van der Waals surface area contributed by atoms with Crippen LogP contribution in [-0.4, -0.2) is 50.7 Å². The Balaban J connectivity index is 0.00000261. The lowest BCUT2D eigenvalue weighted by molar-refractivity contribution is 0.0781. The van der Waals surface area contributed by atoms with Gasteiger partial charge in [-0.25, -0.2) is 0 Å². The van der Waals surface area contributed by atoms with Gasteiger partial charge in [0.1, 0.15) is 24.7 Å². The molecule has 1 fully saturated rings. The summed E-state index contributed by atoms with van der Waals surface area (Å²) in [6.07, 6.45) is 1.04. The molecule has 2 aromatic rings. The molecule has 0 radical (unpaired) electrons. The van der Waals surface area contributed by atoms with E-state index in [2.05, 4.69) is 5.32 Å². The molecule has 1 atom stereocenters. The van der Waals surface area contributed by atoms with E-state index in [4.69, 9.17) is 9.47 Å². The van der Waals surface area contributed by atoms with Gasteiger partial charge in [-0.1, -0.05) is 30.3 Å². The van der Waals surface area contributed by atoms with E-state index in [0.29, 0.717) is 30.4 Å².